The molecule has 8 nitrogen and oxygen atoms in total. The molecule has 1 saturated carbocycles. The van der Waals surface area contributed by atoms with Gasteiger partial charge in [0.15, 0.2) is 0 Å². The lowest BCUT2D eigenvalue weighted by atomic mass is 9.68. The Morgan fingerprint density at radius 2 is 1.94 bits per heavy atom. The van der Waals surface area contributed by atoms with E-state index in [1.807, 2.05) is 0 Å². The summed E-state index contributed by atoms with van der Waals surface area (Å²) in [6, 6.07) is 2.55. The molecular formula is C21H22F5N5O3. The molecule has 0 radical (unpaired) electrons. The second kappa shape index (κ2) is 8.84. The number of amides is 3. The highest BCUT2D eigenvalue weighted by molar-refractivity contribution is 6.00. The number of rotatable bonds is 5. The van der Waals surface area contributed by atoms with Gasteiger partial charge >= 0.3 is 12.1 Å². The van der Waals surface area contributed by atoms with E-state index in [-0.39, 0.29) is 43.7 Å². The van der Waals surface area contributed by atoms with Crippen molar-refractivity contribution < 1.29 is 36.3 Å². The van der Waals surface area contributed by atoms with E-state index < -0.39 is 36.5 Å². The number of alkyl halides is 5. The van der Waals surface area contributed by atoms with Crippen molar-refractivity contribution in [3.63, 3.8) is 0 Å². The van der Waals surface area contributed by atoms with E-state index in [1.54, 1.807) is 22.7 Å². The zero-order chi connectivity index (χ0) is 24.7. The van der Waals surface area contributed by atoms with E-state index in [9.17, 15) is 36.3 Å². The second-order valence-corrected chi connectivity index (χ2v) is 8.69. The van der Waals surface area contributed by atoms with Crippen LogP contribution in [0.1, 0.15) is 29.6 Å². The summed E-state index contributed by atoms with van der Waals surface area (Å²) in [5, 5.41) is 4.03. The lowest BCUT2D eigenvalue weighted by molar-refractivity contribution is -0.173. The first kappa shape index (κ1) is 23.9. The molecule has 0 unspecified atom stereocenters. The van der Waals surface area contributed by atoms with Crippen LogP contribution < -0.4 is 10.6 Å². The molecule has 34 heavy (non-hydrogen) atoms. The topological polar surface area (TPSA) is 95.8 Å². The molecule has 13 heteroatoms. The van der Waals surface area contributed by atoms with Gasteiger partial charge in [-0.3, -0.25) is 14.4 Å². The maximum atomic E-state index is 13.5. The lowest BCUT2D eigenvalue weighted by Crippen LogP contribution is -2.59. The van der Waals surface area contributed by atoms with Gasteiger partial charge in [0, 0.05) is 38.2 Å². The van der Waals surface area contributed by atoms with Crippen molar-refractivity contribution in [1.82, 2.24) is 24.9 Å². The Morgan fingerprint density at radius 1 is 1.21 bits per heavy atom. The van der Waals surface area contributed by atoms with Crippen molar-refractivity contribution in [1.29, 1.82) is 0 Å². The summed E-state index contributed by atoms with van der Waals surface area (Å²) >= 11 is 0. The fourth-order valence-corrected chi connectivity index (χ4v) is 4.70. The third kappa shape index (κ3) is 4.97. The molecule has 0 aromatic carbocycles. The monoisotopic (exact) mass is 487 g/mol. The smallest absolute Gasteiger partial charge is 0.350 e. The Balaban J connectivity index is 1.47. The number of carbonyl (C=O) groups excluding carboxylic acids is 3. The SMILES string of the molecule is O=C(CNC(=O)C(F)(F)F)N[C@@H]1CN(C(=O)c2cccn3cncc23)CC[C@H]1C1CC(F)(F)C1. The van der Waals surface area contributed by atoms with Crippen LogP contribution in [0, 0.1) is 11.8 Å². The van der Waals surface area contributed by atoms with Crippen LogP contribution in [0.5, 0.6) is 0 Å². The number of hydrogen-bond donors (Lipinski definition) is 2. The summed E-state index contributed by atoms with van der Waals surface area (Å²) in [5.74, 6) is -7.05. The number of pyridine rings is 1. The van der Waals surface area contributed by atoms with Crippen LogP contribution in [-0.2, 0) is 9.59 Å². The second-order valence-electron chi connectivity index (χ2n) is 8.69. The van der Waals surface area contributed by atoms with Crippen molar-refractivity contribution >= 4 is 23.2 Å². The number of fused-ring (bicyclic) bond motifs is 1. The molecule has 0 spiro atoms. The van der Waals surface area contributed by atoms with Gasteiger partial charge in [0.05, 0.1) is 30.1 Å². The van der Waals surface area contributed by atoms with Gasteiger partial charge in [-0.1, -0.05) is 0 Å². The van der Waals surface area contributed by atoms with Crippen molar-refractivity contribution in [2.24, 2.45) is 11.8 Å². The summed E-state index contributed by atoms with van der Waals surface area (Å²) in [6.07, 6.45) is -0.708. The summed E-state index contributed by atoms with van der Waals surface area (Å²) in [7, 11) is 0. The van der Waals surface area contributed by atoms with E-state index in [1.165, 1.54) is 22.7 Å². The molecule has 2 aromatic heterocycles. The quantitative estimate of drug-likeness (QED) is 0.631. The molecule has 2 fully saturated rings. The molecule has 3 amide bonds. The normalized spacial score (nSPS) is 22.8. The van der Waals surface area contributed by atoms with E-state index in [4.69, 9.17) is 0 Å². The maximum absolute atomic E-state index is 13.5. The molecule has 1 saturated heterocycles. The number of aromatic nitrogens is 2. The number of carbonyl (C=O) groups is 3. The number of imidazole rings is 1. The fourth-order valence-electron chi connectivity index (χ4n) is 4.70. The van der Waals surface area contributed by atoms with Crippen LogP contribution in [0.15, 0.2) is 30.9 Å². The van der Waals surface area contributed by atoms with E-state index in [0.29, 0.717) is 17.5 Å². The highest BCUT2D eigenvalue weighted by Crippen LogP contribution is 2.48. The van der Waals surface area contributed by atoms with Crippen LogP contribution in [0.3, 0.4) is 0 Å². The van der Waals surface area contributed by atoms with Crippen molar-refractivity contribution in [3.05, 3.63) is 36.4 Å². The highest BCUT2D eigenvalue weighted by atomic mass is 19.4. The van der Waals surface area contributed by atoms with E-state index >= 15 is 0 Å². The third-order valence-corrected chi connectivity index (χ3v) is 6.38. The van der Waals surface area contributed by atoms with Crippen molar-refractivity contribution in [2.75, 3.05) is 19.6 Å². The number of piperidine rings is 1. The fraction of sp³-hybridized carbons (Fsp3) is 0.524. The maximum Gasteiger partial charge on any atom is 0.471 e. The molecule has 3 heterocycles. The van der Waals surface area contributed by atoms with Gasteiger partial charge in [0.25, 0.3) is 5.91 Å². The van der Waals surface area contributed by atoms with Crippen LogP contribution in [-0.4, -0.2) is 69.8 Å². The highest BCUT2D eigenvalue weighted by Gasteiger charge is 2.51. The van der Waals surface area contributed by atoms with Crippen LogP contribution in [0.25, 0.3) is 5.52 Å². The average Bonchev–Trinajstić information content (AvgIpc) is 3.23. The minimum atomic E-state index is -5.14. The van der Waals surface area contributed by atoms with Gasteiger partial charge in [-0.25, -0.2) is 13.8 Å². The van der Waals surface area contributed by atoms with Crippen molar-refractivity contribution in [3.8, 4) is 0 Å². The minimum Gasteiger partial charge on any atom is -0.350 e. The predicted octanol–water partition coefficient (Wildman–Crippen LogP) is 2.00. The molecule has 2 N–H and O–H groups in total. The van der Waals surface area contributed by atoms with Gasteiger partial charge in [-0.05, 0) is 30.4 Å². The Kier molecular flexibility index (Phi) is 6.21. The van der Waals surface area contributed by atoms with Crippen LogP contribution in [0.4, 0.5) is 22.0 Å². The first-order chi connectivity index (χ1) is 15.9. The number of nitrogens with zero attached hydrogens (tertiary/aromatic N) is 3. The van der Waals surface area contributed by atoms with Gasteiger partial charge in [-0.2, -0.15) is 13.2 Å². The first-order valence-electron chi connectivity index (χ1n) is 10.7. The molecule has 2 atom stereocenters. The number of nitrogens with one attached hydrogen (secondary N) is 2. The van der Waals surface area contributed by atoms with Gasteiger partial charge in [0.1, 0.15) is 0 Å². The summed E-state index contributed by atoms with van der Waals surface area (Å²) in [4.78, 5) is 42.0. The molecule has 2 aliphatic rings. The number of halogens is 5. The molecule has 2 aromatic rings. The summed E-state index contributed by atoms with van der Waals surface area (Å²) < 4.78 is 65.8. The van der Waals surface area contributed by atoms with Gasteiger partial charge in [-0.15, -0.1) is 0 Å². The van der Waals surface area contributed by atoms with Crippen molar-refractivity contribution in [2.45, 2.75) is 37.4 Å². The molecule has 0 bridgehead atoms. The number of likely N-dealkylation sites (tertiary alicyclic amines) is 1. The predicted molar refractivity (Wildman–Crippen MR) is 108 cm³/mol. The lowest BCUT2D eigenvalue weighted by Gasteiger charge is -2.47. The average molecular weight is 487 g/mol. The van der Waals surface area contributed by atoms with Gasteiger partial charge in [0.2, 0.25) is 11.8 Å². The zero-order valence-corrected chi connectivity index (χ0v) is 17.8. The molecule has 1 aliphatic heterocycles. The summed E-state index contributed by atoms with van der Waals surface area (Å²) in [5.41, 5.74) is 0.944. The van der Waals surface area contributed by atoms with E-state index in [2.05, 4.69) is 10.3 Å². The first-order valence-corrected chi connectivity index (χ1v) is 10.7. The molecule has 4 rings (SSSR count). The number of hydrogen-bond acceptors (Lipinski definition) is 4. The standard InChI is InChI=1S/C21H22F5N5O3/c22-20(23)6-12(7-20)13-3-5-30(18(33)14-2-1-4-31-11-27-8-16(14)31)10-15(13)29-17(32)9-28-19(34)21(24,25)26/h1-2,4,8,11-13,15H,3,5-7,9-10H2,(H,28,34)(H,29,32)/t13-,15+/m0/s1. The van der Waals surface area contributed by atoms with Crippen LogP contribution >= 0.6 is 0 Å². The van der Waals surface area contributed by atoms with Gasteiger partial charge < -0.3 is 19.9 Å². The molecule has 184 valence electrons. The molecular weight excluding hydrogens is 465 g/mol. The zero-order valence-electron chi connectivity index (χ0n) is 17.8. The van der Waals surface area contributed by atoms with E-state index in [0.717, 1.165) is 0 Å². The Labute approximate surface area is 190 Å². The van der Waals surface area contributed by atoms with Crippen LogP contribution in [0.2, 0.25) is 0 Å². The minimum absolute atomic E-state index is 0.000278. The Hall–Kier alpha value is -3.25. The Bertz CT molecular complexity index is 1090. The Morgan fingerprint density at radius 3 is 2.62 bits per heavy atom. The largest absolute Gasteiger partial charge is 0.471 e. The third-order valence-electron chi connectivity index (χ3n) is 6.38. The molecule has 1 aliphatic carbocycles. The summed E-state index contributed by atoms with van der Waals surface area (Å²) in [6.45, 7) is -0.650.